The standard InChI is InChI=1S/C11H12BrN3O2S/c1-15-7-13-14-11(15)6-18(16)10-5-8(12)3-4-9(10)17-2/h3-5,7H,6H2,1-2H3/t18-/m1/s1. The lowest BCUT2D eigenvalue weighted by Gasteiger charge is -2.08. The van der Waals surface area contributed by atoms with Gasteiger partial charge in [0.1, 0.15) is 17.9 Å². The van der Waals surface area contributed by atoms with Crippen LogP contribution in [0.3, 0.4) is 0 Å². The molecule has 1 atom stereocenters. The SMILES string of the molecule is COc1ccc(Br)cc1[S@](=O)Cc1nncn1C. The molecule has 0 aliphatic carbocycles. The molecule has 1 aromatic carbocycles. The summed E-state index contributed by atoms with van der Waals surface area (Å²) in [4.78, 5) is 0.648. The molecule has 0 fully saturated rings. The Morgan fingerprint density at radius 2 is 2.28 bits per heavy atom. The molecule has 7 heteroatoms. The number of aryl methyl sites for hydroxylation is 1. The topological polar surface area (TPSA) is 57.0 Å². The molecule has 0 unspecified atom stereocenters. The Morgan fingerprint density at radius 1 is 1.50 bits per heavy atom. The molecule has 2 rings (SSSR count). The van der Waals surface area contributed by atoms with Gasteiger partial charge in [-0.3, -0.25) is 4.21 Å². The summed E-state index contributed by atoms with van der Waals surface area (Å²) in [7, 11) is 2.16. The van der Waals surface area contributed by atoms with Gasteiger partial charge in [0.25, 0.3) is 0 Å². The van der Waals surface area contributed by atoms with E-state index < -0.39 is 10.8 Å². The highest BCUT2D eigenvalue weighted by molar-refractivity contribution is 9.10. The van der Waals surface area contributed by atoms with Gasteiger partial charge >= 0.3 is 0 Å². The lowest BCUT2D eigenvalue weighted by atomic mass is 10.3. The van der Waals surface area contributed by atoms with Crippen molar-refractivity contribution in [3.8, 4) is 5.75 Å². The van der Waals surface area contributed by atoms with Gasteiger partial charge in [0, 0.05) is 11.5 Å². The Labute approximate surface area is 116 Å². The fourth-order valence-electron chi connectivity index (χ4n) is 1.46. The second kappa shape index (κ2) is 5.62. The molecule has 18 heavy (non-hydrogen) atoms. The van der Waals surface area contributed by atoms with Crippen LogP contribution in [0.15, 0.2) is 33.9 Å². The van der Waals surface area contributed by atoms with Gasteiger partial charge < -0.3 is 9.30 Å². The molecular weight excluding hydrogens is 318 g/mol. The largest absolute Gasteiger partial charge is 0.495 e. The smallest absolute Gasteiger partial charge is 0.145 e. The van der Waals surface area contributed by atoms with Crippen LogP contribution < -0.4 is 4.74 Å². The lowest BCUT2D eigenvalue weighted by Crippen LogP contribution is -2.04. The summed E-state index contributed by atoms with van der Waals surface area (Å²) < 4.78 is 20.2. The van der Waals surface area contributed by atoms with Gasteiger partial charge in [-0.05, 0) is 18.2 Å². The molecular formula is C11H12BrN3O2S. The highest BCUT2D eigenvalue weighted by Crippen LogP contribution is 2.27. The lowest BCUT2D eigenvalue weighted by molar-refractivity contribution is 0.404. The van der Waals surface area contributed by atoms with Crippen molar-refractivity contribution in [3.63, 3.8) is 0 Å². The molecule has 5 nitrogen and oxygen atoms in total. The van der Waals surface area contributed by atoms with E-state index in [4.69, 9.17) is 4.74 Å². The van der Waals surface area contributed by atoms with E-state index in [0.717, 1.165) is 4.47 Å². The quantitative estimate of drug-likeness (QED) is 0.859. The molecule has 0 bridgehead atoms. The number of ether oxygens (including phenoxy) is 1. The number of benzene rings is 1. The van der Waals surface area contributed by atoms with Crippen molar-refractivity contribution in [3.05, 3.63) is 34.8 Å². The summed E-state index contributed by atoms with van der Waals surface area (Å²) in [5.74, 6) is 1.60. The van der Waals surface area contributed by atoms with E-state index in [1.165, 1.54) is 0 Å². The summed E-state index contributed by atoms with van der Waals surface area (Å²) in [6.45, 7) is 0. The predicted octanol–water partition coefficient (Wildman–Crippen LogP) is 1.89. The van der Waals surface area contributed by atoms with Gasteiger partial charge in [-0.25, -0.2) is 0 Å². The molecule has 0 saturated heterocycles. The maximum atomic E-state index is 12.3. The number of methoxy groups -OCH3 is 1. The van der Waals surface area contributed by atoms with Crippen LogP contribution in [0.5, 0.6) is 5.75 Å². The Bertz CT molecular complexity index is 585. The van der Waals surface area contributed by atoms with Crippen molar-refractivity contribution < 1.29 is 8.95 Å². The third-order valence-electron chi connectivity index (χ3n) is 2.44. The fourth-order valence-corrected chi connectivity index (χ4v) is 3.26. The van der Waals surface area contributed by atoms with Crippen LogP contribution >= 0.6 is 15.9 Å². The zero-order valence-corrected chi connectivity index (χ0v) is 12.4. The Hall–Kier alpha value is -1.21. The molecule has 0 aliphatic rings. The second-order valence-electron chi connectivity index (χ2n) is 3.64. The predicted molar refractivity (Wildman–Crippen MR) is 71.8 cm³/mol. The molecule has 2 aromatic rings. The van der Waals surface area contributed by atoms with Gasteiger partial charge in [-0.1, -0.05) is 15.9 Å². The minimum absolute atomic E-state index is 0.309. The first-order valence-electron chi connectivity index (χ1n) is 5.16. The average molecular weight is 330 g/mol. The summed E-state index contributed by atoms with van der Waals surface area (Å²) in [6, 6.07) is 5.43. The number of hydrogen-bond acceptors (Lipinski definition) is 4. The summed E-state index contributed by atoms with van der Waals surface area (Å²) >= 11 is 3.36. The van der Waals surface area contributed by atoms with Gasteiger partial charge in [0.2, 0.25) is 0 Å². The molecule has 0 aliphatic heterocycles. The molecule has 0 amide bonds. The molecule has 0 radical (unpaired) electrons. The Morgan fingerprint density at radius 3 is 2.89 bits per heavy atom. The Balaban J connectivity index is 2.29. The number of halogens is 1. The van der Waals surface area contributed by atoms with Crippen LogP contribution in [0.4, 0.5) is 0 Å². The number of aromatic nitrogens is 3. The zero-order valence-electron chi connectivity index (χ0n) is 9.96. The van der Waals surface area contributed by atoms with Gasteiger partial charge in [-0.15, -0.1) is 10.2 Å². The van der Waals surface area contributed by atoms with Gasteiger partial charge in [0.15, 0.2) is 0 Å². The highest BCUT2D eigenvalue weighted by Gasteiger charge is 2.14. The normalized spacial score (nSPS) is 12.4. The van der Waals surface area contributed by atoms with Gasteiger partial charge in [0.05, 0.1) is 28.6 Å². The fraction of sp³-hybridized carbons (Fsp3) is 0.273. The van der Waals surface area contributed by atoms with Crippen molar-refractivity contribution in [1.29, 1.82) is 0 Å². The van der Waals surface area contributed by atoms with Crippen molar-refractivity contribution in [2.45, 2.75) is 10.6 Å². The number of hydrogen-bond donors (Lipinski definition) is 0. The molecule has 0 spiro atoms. The van der Waals surface area contributed by atoms with E-state index in [1.807, 2.05) is 13.1 Å². The van der Waals surface area contributed by atoms with Crippen molar-refractivity contribution in [1.82, 2.24) is 14.8 Å². The van der Waals surface area contributed by atoms with Gasteiger partial charge in [-0.2, -0.15) is 0 Å². The van der Waals surface area contributed by atoms with Crippen molar-refractivity contribution in [2.75, 3.05) is 7.11 Å². The molecule has 0 saturated carbocycles. The second-order valence-corrected chi connectivity index (χ2v) is 5.98. The van der Waals surface area contributed by atoms with E-state index >= 15 is 0 Å². The highest BCUT2D eigenvalue weighted by atomic mass is 79.9. The first-order valence-corrected chi connectivity index (χ1v) is 7.28. The minimum Gasteiger partial charge on any atom is -0.495 e. The first-order chi connectivity index (χ1) is 8.61. The van der Waals surface area contributed by atoms with Crippen LogP contribution in [0, 0.1) is 0 Å². The number of nitrogens with zero attached hydrogens (tertiary/aromatic N) is 3. The monoisotopic (exact) mass is 329 g/mol. The van der Waals surface area contributed by atoms with Crippen molar-refractivity contribution in [2.24, 2.45) is 7.05 Å². The Kier molecular flexibility index (Phi) is 4.13. The average Bonchev–Trinajstić information content (AvgIpc) is 2.75. The van der Waals surface area contributed by atoms with Crippen LogP contribution in [-0.2, 0) is 23.6 Å². The maximum Gasteiger partial charge on any atom is 0.145 e. The van der Waals surface area contributed by atoms with E-state index in [-0.39, 0.29) is 0 Å². The third kappa shape index (κ3) is 2.78. The summed E-state index contributed by atoms with van der Waals surface area (Å²) in [5, 5.41) is 7.69. The van der Waals surface area contributed by atoms with E-state index in [9.17, 15) is 4.21 Å². The molecule has 1 heterocycles. The van der Waals surface area contributed by atoms with Crippen LogP contribution in [0.25, 0.3) is 0 Å². The maximum absolute atomic E-state index is 12.3. The minimum atomic E-state index is -1.22. The van der Waals surface area contributed by atoms with E-state index in [2.05, 4.69) is 26.1 Å². The molecule has 1 aromatic heterocycles. The summed E-state index contributed by atoms with van der Waals surface area (Å²) in [5.41, 5.74) is 0. The first kappa shape index (κ1) is 13.2. The van der Waals surface area contributed by atoms with Crippen LogP contribution in [0.2, 0.25) is 0 Å². The number of rotatable bonds is 4. The zero-order chi connectivity index (χ0) is 13.1. The molecule has 96 valence electrons. The molecule has 0 N–H and O–H groups in total. The summed E-state index contributed by atoms with van der Waals surface area (Å²) in [6.07, 6.45) is 1.59. The van der Waals surface area contributed by atoms with E-state index in [1.54, 1.807) is 30.1 Å². The van der Waals surface area contributed by atoms with Crippen molar-refractivity contribution >= 4 is 26.7 Å². The van der Waals surface area contributed by atoms with Crippen LogP contribution in [-0.4, -0.2) is 26.1 Å². The third-order valence-corrected chi connectivity index (χ3v) is 4.26. The van der Waals surface area contributed by atoms with E-state index in [0.29, 0.717) is 22.2 Å². The van der Waals surface area contributed by atoms with Crippen LogP contribution in [0.1, 0.15) is 5.82 Å².